The third kappa shape index (κ3) is 3.55. The minimum Gasteiger partial charge on any atom is -0.453 e. The quantitative estimate of drug-likeness (QED) is 0.392. The van der Waals surface area contributed by atoms with Crippen molar-refractivity contribution in [3.63, 3.8) is 0 Å². The molecule has 2 heterocycles. The molecule has 0 aliphatic rings. The van der Waals surface area contributed by atoms with Crippen LogP contribution in [0.15, 0.2) is 52.9 Å². The molecule has 0 spiro atoms. The van der Waals surface area contributed by atoms with Gasteiger partial charge in [0.2, 0.25) is 0 Å². The van der Waals surface area contributed by atoms with E-state index in [0.717, 1.165) is 22.0 Å². The Labute approximate surface area is 167 Å². The van der Waals surface area contributed by atoms with Crippen molar-refractivity contribution < 1.29 is 9.34 Å². The fraction of sp³-hybridized carbons (Fsp3) is 0.238. The summed E-state index contributed by atoms with van der Waals surface area (Å²) in [6.45, 7) is 0.487. The number of nitrogens with zero attached hydrogens (tertiary/aromatic N) is 4. The predicted octanol–water partition coefficient (Wildman–Crippen LogP) is 3.90. The standard InChI is InChI=1S/C21H21N5O3/c1-25(2)17(9-10-22)20-15-8-7-14(26(27)28)12-16(15)23-21(24-20)19-11-13-5-3-4-6-18(13)29-19/h3-8,11-12,17H,9-10,22H2,1-2H3. The highest BCUT2D eigenvalue weighted by Crippen LogP contribution is 2.33. The first-order valence-corrected chi connectivity index (χ1v) is 9.29. The van der Waals surface area contributed by atoms with Crippen molar-refractivity contribution in [2.45, 2.75) is 12.5 Å². The summed E-state index contributed by atoms with van der Waals surface area (Å²) in [5, 5.41) is 13.0. The number of nitrogens with two attached hydrogens (primary N) is 1. The molecule has 148 valence electrons. The molecular weight excluding hydrogens is 370 g/mol. The molecule has 0 amide bonds. The Kier molecular flexibility index (Phi) is 4.96. The van der Waals surface area contributed by atoms with Crippen molar-refractivity contribution in [3.8, 4) is 11.6 Å². The molecule has 2 aromatic heterocycles. The number of non-ortho nitro benzene ring substituents is 1. The molecule has 0 aliphatic heterocycles. The van der Waals surface area contributed by atoms with Gasteiger partial charge in [-0.05, 0) is 45.3 Å². The van der Waals surface area contributed by atoms with Crippen molar-refractivity contribution in [3.05, 3.63) is 64.3 Å². The van der Waals surface area contributed by atoms with Gasteiger partial charge in [-0.2, -0.15) is 0 Å². The number of hydrogen-bond donors (Lipinski definition) is 1. The highest BCUT2D eigenvalue weighted by Gasteiger charge is 2.22. The maximum absolute atomic E-state index is 11.3. The van der Waals surface area contributed by atoms with Gasteiger partial charge < -0.3 is 15.1 Å². The fourth-order valence-electron chi connectivity index (χ4n) is 3.51. The maximum Gasteiger partial charge on any atom is 0.271 e. The van der Waals surface area contributed by atoms with Gasteiger partial charge in [-0.1, -0.05) is 18.2 Å². The molecular formula is C21H21N5O3. The number of aromatic nitrogens is 2. The Morgan fingerprint density at radius 2 is 1.97 bits per heavy atom. The van der Waals surface area contributed by atoms with Crippen LogP contribution in [0.2, 0.25) is 0 Å². The summed E-state index contributed by atoms with van der Waals surface area (Å²) in [5.41, 5.74) is 7.83. The van der Waals surface area contributed by atoms with E-state index >= 15 is 0 Å². The summed E-state index contributed by atoms with van der Waals surface area (Å²) in [5.74, 6) is 0.916. The summed E-state index contributed by atoms with van der Waals surface area (Å²) < 4.78 is 5.94. The number of furan rings is 1. The second-order valence-electron chi connectivity index (χ2n) is 7.10. The van der Waals surface area contributed by atoms with Crippen LogP contribution in [0.1, 0.15) is 18.2 Å². The number of hydrogen-bond acceptors (Lipinski definition) is 7. The lowest BCUT2D eigenvalue weighted by Crippen LogP contribution is -2.24. The maximum atomic E-state index is 11.3. The first kappa shape index (κ1) is 19.0. The van der Waals surface area contributed by atoms with Crippen molar-refractivity contribution in [1.29, 1.82) is 0 Å². The van der Waals surface area contributed by atoms with Gasteiger partial charge in [-0.15, -0.1) is 0 Å². The van der Waals surface area contributed by atoms with Crippen molar-refractivity contribution >= 4 is 27.6 Å². The number of rotatable bonds is 6. The largest absolute Gasteiger partial charge is 0.453 e. The van der Waals surface area contributed by atoms with Gasteiger partial charge in [0.05, 0.1) is 22.2 Å². The Morgan fingerprint density at radius 1 is 1.17 bits per heavy atom. The molecule has 0 radical (unpaired) electrons. The van der Waals surface area contributed by atoms with Crippen LogP contribution >= 0.6 is 0 Å². The van der Waals surface area contributed by atoms with E-state index < -0.39 is 4.92 Å². The lowest BCUT2D eigenvalue weighted by atomic mass is 10.0. The minimum absolute atomic E-state index is 0.0158. The van der Waals surface area contributed by atoms with Crippen LogP contribution < -0.4 is 5.73 Å². The van der Waals surface area contributed by atoms with Gasteiger partial charge >= 0.3 is 0 Å². The number of nitro groups is 1. The monoisotopic (exact) mass is 391 g/mol. The van der Waals surface area contributed by atoms with E-state index in [9.17, 15) is 10.1 Å². The van der Waals surface area contributed by atoms with Crippen molar-refractivity contribution in [2.24, 2.45) is 5.73 Å². The van der Waals surface area contributed by atoms with Gasteiger partial charge in [-0.25, -0.2) is 9.97 Å². The fourth-order valence-corrected chi connectivity index (χ4v) is 3.51. The summed E-state index contributed by atoms with van der Waals surface area (Å²) in [6, 6.07) is 14.1. The van der Waals surface area contributed by atoms with E-state index in [2.05, 4.69) is 4.98 Å². The Hall–Kier alpha value is -3.36. The molecule has 4 rings (SSSR count). The number of benzene rings is 2. The summed E-state index contributed by atoms with van der Waals surface area (Å²) in [7, 11) is 3.92. The minimum atomic E-state index is -0.425. The molecule has 0 fully saturated rings. The van der Waals surface area contributed by atoms with Gasteiger partial charge in [0.25, 0.3) is 5.69 Å². The smallest absolute Gasteiger partial charge is 0.271 e. The topological polar surface area (TPSA) is 111 Å². The SMILES string of the molecule is CN(C)C(CCN)c1nc(-c2cc3ccccc3o2)nc2cc([N+](=O)[O-])ccc12. The number of nitro benzene ring substituents is 1. The molecule has 0 bridgehead atoms. The zero-order chi connectivity index (χ0) is 20.5. The molecule has 0 saturated heterocycles. The number of para-hydroxylation sites is 1. The van der Waals surface area contributed by atoms with E-state index in [0.29, 0.717) is 30.1 Å². The van der Waals surface area contributed by atoms with Gasteiger partial charge in [0.1, 0.15) is 5.58 Å². The molecule has 1 unspecified atom stereocenters. The van der Waals surface area contributed by atoms with Crippen LogP contribution in [-0.2, 0) is 0 Å². The summed E-state index contributed by atoms with van der Waals surface area (Å²) in [4.78, 5) is 22.3. The molecule has 8 heteroatoms. The third-order valence-corrected chi connectivity index (χ3v) is 4.95. The Morgan fingerprint density at radius 3 is 2.66 bits per heavy atom. The molecule has 2 aromatic carbocycles. The zero-order valence-corrected chi connectivity index (χ0v) is 16.2. The van der Waals surface area contributed by atoms with Crippen LogP contribution in [-0.4, -0.2) is 40.4 Å². The summed E-state index contributed by atoms with van der Waals surface area (Å²) in [6.07, 6.45) is 0.690. The summed E-state index contributed by atoms with van der Waals surface area (Å²) >= 11 is 0. The molecule has 8 nitrogen and oxygen atoms in total. The van der Waals surface area contributed by atoms with E-state index in [1.165, 1.54) is 12.1 Å². The lowest BCUT2D eigenvalue weighted by molar-refractivity contribution is -0.384. The van der Waals surface area contributed by atoms with Crippen molar-refractivity contribution in [1.82, 2.24) is 14.9 Å². The van der Waals surface area contributed by atoms with Crippen LogP contribution in [0.3, 0.4) is 0 Å². The van der Waals surface area contributed by atoms with Crippen LogP contribution in [0.4, 0.5) is 5.69 Å². The van der Waals surface area contributed by atoms with E-state index in [1.807, 2.05) is 49.3 Å². The Bertz CT molecular complexity index is 1170. The van der Waals surface area contributed by atoms with Gasteiger partial charge in [0, 0.05) is 22.9 Å². The first-order chi connectivity index (χ1) is 14.0. The van der Waals surface area contributed by atoms with Gasteiger partial charge in [0.15, 0.2) is 11.6 Å². The molecule has 0 saturated carbocycles. The van der Waals surface area contributed by atoms with Crippen molar-refractivity contribution in [2.75, 3.05) is 20.6 Å². The Balaban J connectivity index is 1.97. The van der Waals surface area contributed by atoms with E-state index in [4.69, 9.17) is 15.1 Å². The molecule has 2 N–H and O–H groups in total. The zero-order valence-electron chi connectivity index (χ0n) is 16.2. The average Bonchev–Trinajstić information content (AvgIpc) is 3.15. The van der Waals surface area contributed by atoms with Crippen LogP contribution in [0, 0.1) is 10.1 Å². The third-order valence-electron chi connectivity index (χ3n) is 4.95. The highest BCUT2D eigenvalue weighted by atomic mass is 16.6. The predicted molar refractivity (Wildman–Crippen MR) is 111 cm³/mol. The second-order valence-corrected chi connectivity index (χ2v) is 7.10. The first-order valence-electron chi connectivity index (χ1n) is 9.29. The van der Waals surface area contributed by atoms with Crippen LogP contribution in [0.25, 0.3) is 33.5 Å². The van der Waals surface area contributed by atoms with Gasteiger partial charge in [-0.3, -0.25) is 10.1 Å². The van der Waals surface area contributed by atoms with Crippen LogP contribution in [0.5, 0.6) is 0 Å². The number of fused-ring (bicyclic) bond motifs is 2. The van der Waals surface area contributed by atoms with E-state index in [1.54, 1.807) is 6.07 Å². The van der Waals surface area contributed by atoms with E-state index in [-0.39, 0.29) is 11.7 Å². The highest BCUT2D eigenvalue weighted by molar-refractivity contribution is 5.86. The lowest BCUT2D eigenvalue weighted by Gasteiger charge is -2.24. The second kappa shape index (κ2) is 7.57. The molecule has 29 heavy (non-hydrogen) atoms. The molecule has 1 atom stereocenters. The molecule has 0 aliphatic carbocycles. The molecule has 4 aromatic rings. The normalized spacial score (nSPS) is 12.7. The average molecular weight is 391 g/mol.